The van der Waals surface area contributed by atoms with Crippen LogP contribution in [0.15, 0.2) is 65.1 Å². The maximum Gasteiger partial charge on any atom is 0.143 e. The molecule has 26 heavy (non-hydrogen) atoms. The number of phenolic OH excluding ortho intramolecular Hbond substituents is 1. The summed E-state index contributed by atoms with van der Waals surface area (Å²) in [6.45, 7) is 4.11. The summed E-state index contributed by atoms with van der Waals surface area (Å²) < 4.78 is 3.14. The molecular weight excluding hydrogens is 390 g/mol. The van der Waals surface area contributed by atoms with Gasteiger partial charge in [0.05, 0.1) is 0 Å². The quantitative estimate of drug-likeness (QED) is 0.449. The van der Waals surface area contributed by atoms with Crippen molar-refractivity contribution in [2.75, 3.05) is 5.32 Å². The highest BCUT2D eigenvalue weighted by molar-refractivity contribution is 9.10. The van der Waals surface area contributed by atoms with Crippen LogP contribution in [0.3, 0.4) is 0 Å². The van der Waals surface area contributed by atoms with Gasteiger partial charge in [-0.1, -0.05) is 40.2 Å². The lowest BCUT2D eigenvalue weighted by molar-refractivity contribution is 0.475. The van der Waals surface area contributed by atoms with E-state index in [1.165, 1.54) is 5.56 Å². The molecule has 4 aromatic rings. The minimum atomic E-state index is 0.223. The third-order valence-corrected chi connectivity index (χ3v) is 5.25. The predicted molar refractivity (Wildman–Crippen MR) is 109 cm³/mol. The highest BCUT2D eigenvalue weighted by Gasteiger charge is 2.16. The number of aromatic hydroxyl groups is 1. The van der Waals surface area contributed by atoms with Crippen molar-refractivity contribution in [3.8, 4) is 17.0 Å². The Morgan fingerprint density at radius 3 is 2.58 bits per heavy atom. The lowest BCUT2D eigenvalue weighted by Crippen LogP contribution is -1.99. The molecule has 0 fully saturated rings. The van der Waals surface area contributed by atoms with Gasteiger partial charge in [0, 0.05) is 21.4 Å². The van der Waals surface area contributed by atoms with Crippen LogP contribution in [0, 0.1) is 13.8 Å². The number of hydrogen-bond acceptors (Lipinski definition) is 3. The van der Waals surface area contributed by atoms with Gasteiger partial charge < -0.3 is 10.4 Å². The number of aryl methyl sites for hydroxylation is 2. The van der Waals surface area contributed by atoms with Gasteiger partial charge in [-0.15, -0.1) is 0 Å². The van der Waals surface area contributed by atoms with Crippen molar-refractivity contribution in [1.29, 1.82) is 0 Å². The second-order valence-corrected chi connectivity index (χ2v) is 7.16. The summed E-state index contributed by atoms with van der Waals surface area (Å²) in [5.74, 6) is 1.10. The number of nitrogens with one attached hydrogen (secondary N) is 1. The van der Waals surface area contributed by atoms with Crippen molar-refractivity contribution in [1.82, 2.24) is 9.38 Å². The van der Waals surface area contributed by atoms with Crippen LogP contribution in [0.2, 0.25) is 0 Å². The maximum absolute atomic E-state index is 9.89. The van der Waals surface area contributed by atoms with E-state index in [1.54, 1.807) is 12.1 Å². The molecule has 0 bridgehead atoms. The molecule has 2 heterocycles. The predicted octanol–water partition coefficient (Wildman–Crippen LogP) is 5.83. The summed E-state index contributed by atoms with van der Waals surface area (Å²) in [6.07, 6.45) is 0. The van der Waals surface area contributed by atoms with E-state index in [1.807, 2.05) is 30.3 Å². The zero-order valence-electron chi connectivity index (χ0n) is 14.5. The van der Waals surface area contributed by atoms with Crippen LogP contribution in [0.25, 0.3) is 16.9 Å². The number of rotatable bonds is 3. The van der Waals surface area contributed by atoms with Gasteiger partial charge in [0.2, 0.25) is 0 Å². The lowest BCUT2D eigenvalue weighted by atomic mass is 10.1. The molecule has 4 rings (SSSR count). The Balaban J connectivity index is 1.93. The van der Waals surface area contributed by atoms with Crippen LogP contribution < -0.4 is 5.32 Å². The van der Waals surface area contributed by atoms with Gasteiger partial charge in [0.25, 0.3) is 0 Å². The molecule has 2 aromatic heterocycles. The number of phenols is 1. The van der Waals surface area contributed by atoms with Crippen LogP contribution in [0.5, 0.6) is 5.75 Å². The number of benzene rings is 2. The molecule has 0 aliphatic heterocycles. The lowest BCUT2D eigenvalue weighted by Gasteiger charge is -2.12. The van der Waals surface area contributed by atoms with Crippen molar-refractivity contribution in [3.63, 3.8) is 0 Å². The number of fused-ring (bicyclic) bond motifs is 1. The molecule has 0 saturated carbocycles. The molecule has 0 amide bonds. The van der Waals surface area contributed by atoms with Crippen LogP contribution >= 0.6 is 15.9 Å². The Kier molecular flexibility index (Phi) is 4.17. The van der Waals surface area contributed by atoms with Crippen molar-refractivity contribution in [2.24, 2.45) is 0 Å². The standard InChI is InChI=1S/C21H18BrN3O/c1-13-9-10-16(12-18(13)22)23-21-20(15-6-4-7-17(26)11-15)24-19-8-3-5-14(2)25(19)21/h3-12,23,26H,1-2H3. The maximum atomic E-state index is 9.89. The zero-order chi connectivity index (χ0) is 18.3. The van der Waals surface area contributed by atoms with E-state index in [0.717, 1.165) is 38.6 Å². The average Bonchev–Trinajstić information content (AvgIpc) is 2.98. The molecule has 5 heteroatoms. The van der Waals surface area contributed by atoms with Crippen LogP contribution in [0.1, 0.15) is 11.3 Å². The molecule has 2 aromatic carbocycles. The Bertz CT molecular complexity index is 1120. The van der Waals surface area contributed by atoms with E-state index in [0.29, 0.717) is 0 Å². The van der Waals surface area contributed by atoms with E-state index in [-0.39, 0.29) is 5.75 Å². The average molecular weight is 408 g/mol. The largest absolute Gasteiger partial charge is 0.508 e. The number of imidazole rings is 1. The number of nitrogens with zero attached hydrogens (tertiary/aromatic N) is 2. The summed E-state index contributed by atoms with van der Waals surface area (Å²) in [6, 6.07) is 19.4. The Hall–Kier alpha value is -2.79. The van der Waals surface area contributed by atoms with Crippen molar-refractivity contribution >= 4 is 33.1 Å². The normalized spacial score (nSPS) is 11.0. The minimum Gasteiger partial charge on any atom is -0.508 e. The Labute approximate surface area is 160 Å². The summed E-state index contributed by atoms with van der Waals surface area (Å²) in [5, 5.41) is 13.4. The van der Waals surface area contributed by atoms with E-state index in [4.69, 9.17) is 4.98 Å². The number of pyridine rings is 1. The molecule has 0 aliphatic rings. The molecule has 130 valence electrons. The van der Waals surface area contributed by atoms with Crippen LogP contribution in [-0.2, 0) is 0 Å². The third-order valence-electron chi connectivity index (χ3n) is 4.39. The fraction of sp³-hybridized carbons (Fsp3) is 0.0952. The highest BCUT2D eigenvalue weighted by Crippen LogP contribution is 2.34. The molecule has 0 saturated heterocycles. The Morgan fingerprint density at radius 2 is 1.81 bits per heavy atom. The summed E-state index contributed by atoms with van der Waals surface area (Å²) in [7, 11) is 0. The fourth-order valence-corrected chi connectivity index (χ4v) is 3.41. The Morgan fingerprint density at radius 1 is 1.00 bits per heavy atom. The first-order chi connectivity index (χ1) is 12.5. The first-order valence-electron chi connectivity index (χ1n) is 8.33. The molecule has 0 radical (unpaired) electrons. The smallest absolute Gasteiger partial charge is 0.143 e. The SMILES string of the molecule is Cc1ccc(Nc2c(-c3cccc(O)c3)nc3cccc(C)n23)cc1Br. The number of aromatic nitrogens is 2. The van der Waals surface area contributed by atoms with Gasteiger partial charge in [-0.3, -0.25) is 4.40 Å². The molecule has 0 unspecified atom stereocenters. The van der Waals surface area contributed by atoms with Crippen molar-refractivity contribution < 1.29 is 5.11 Å². The molecule has 4 nitrogen and oxygen atoms in total. The first kappa shape index (κ1) is 16.7. The zero-order valence-corrected chi connectivity index (χ0v) is 16.1. The van der Waals surface area contributed by atoms with E-state index < -0.39 is 0 Å². The van der Waals surface area contributed by atoms with E-state index >= 15 is 0 Å². The molecule has 2 N–H and O–H groups in total. The summed E-state index contributed by atoms with van der Waals surface area (Å²) >= 11 is 3.59. The van der Waals surface area contributed by atoms with Crippen LogP contribution in [-0.4, -0.2) is 14.5 Å². The van der Waals surface area contributed by atoms with Gasteiger partial charge in [0.1, 0.15) is 22.9 Å². The van der Waals surface area contributed by atoms with E-state index in [2.05, 4.69) is 57.7 Å². The second-order valence-electron chi connectivity index (χ2n) is 6.31. The van der Waals surface area contributed by atoms with Crippen molar-refractivity contribution in [3.05, 3.63) is 76.4 Å². The second kappa shape index (κ2) is 6.50. The first-order valence-corrected chi connectivity index (χ1v) is 9.13. The fourth-order valence-electron chi connectivity index (χ4n) is 3.03. The van der Waals surface area contributed by atoms with Gasteiger partial charge in [-0.25, -0.2) is 4.98 Å². The van der Waals surface area contributed by atoms with Gasteiger partial charge in [-0.05, 0) is 55.8 Å². The number of anilines is 2. The number of halogens is 1. The minimum absolute atomic E-state index is 0.223. The molecule has 0 atom stereocenters. The molecular formula is C21H18BrN3O. The van der Waals surface area contributed by atoms with Crippen LogP contribution in [0.4, 0.5) is 11.5 Å². The summed E-state index contributed by atoms with van der Waals surface area (Å²) in [4.78, 5) is 4.80. The molecule has 0 spiro atoms. The van der Waals surface area contributed by atoms with Gasteiger partial charge in [0.15, 0.2) is 0 Å². The number of hydrogen-bond donors (Lipinski definition) is 2. The van der Waals surface area contributed by atoms with Gasteiger partial charge in [-0.2, -0.15) is 0 Å². The van der Waals surface area contributed by atoms with E-state index in [9.17, 15) is 5.11 Å². The highest BCUT2D eigenvalue weighted by atomic mass is 79.9. The molecule has 0 aliphatic carbocycles. The topological polar surface area (TPSA) is 49.6 Å². The van der Waals surface area contributed by atoms with Crippen molar-refractivity contribution in [2.45, 2.75) is 13.8 Å². The third kappa shape index (κ3) is 2.95. The van der Waals surface area contributed by atoms with Gasteiger partial charge >= 0.3 is 0 Å². The summed E-state index contributed by atoms with van der Waals surface area (Å²) in [5.41, 5.74) is 5.74. The monoisotopic (exact) mass is 407 g/mol.